The maximum absolute atomic E-state index is 12.8. The second-order valence-corrected chi connectivity index (χ2v) is 8.02. The van der Waals surface area contributed by atoms with Crippen molar-refractivity contribution < 1.29 is 13.8 Å². The van der Waals surface area contributed by atoms with Crippen LogP contribution in [0.4, 0.5) is 0 Å². The van der Waals surface area contributed by atoms with E-state index in [0.29, 0.717) is 17.5 Å². The summed E-state index contributed by atoms with van der Waals surface area (Å²) in [5.41, 5.74) is 1.85. The summed E-state index contributed by atoms with van der Waals surface area (Å²) < 4.78 is 11.7. The Hall–Kier alpha value is -3.26. The van der Waals surface area contributed by atoms with Gasteiger partial charge in [0.2, 0.25) is 11.7 Å². The van der Waals surface area contributed by atoms with Gasteiger partial charge in [-0.15, -0.1) is 0 Å². The monoisotopic (exact) mass is 466 g/mol. The van der Waals surface area contributed by atoms with Gasteiger partial charge in [-0.05, 0) is 18.1 Å². The van der Waals surface area contributed by atoms with Gasteiger partial charge >= 0.3 is 0 Å². The molecule has 0 unspecified atom stereocenters. The molecular weight excluding hydrogens is 448 g/mol. The summed E-state index contributed by atoms with van der Waals surface area (Å²) in [5.74, 6) is 0.979. The molecule has 1 N–H and O–H groups in total. The van der Waals surface area contributed by atoms with E-state index < -0.39 is 6.04 Å². The highest BCUT2D eigenvalue weighted by Crippen LogP contribution is 2.25. The molecule has 8 heteroatoms. The Balaban J connectivity index is 1.52. The van der Waals surface area contributed by atoms with E-state index in [0.717, 1.165) is 15.6 Å². The first-order valence-corrected chi connectivity index (χ1v) is 10.2. The number of hydrogen-bond acceptors (Lipinski definition) is 6. The predicted molar refractivity (Wildman–Crippen MR) is 114 cm³/mol. The van der Waals surface area contributed by atoms with E-state index in [1.54, 1.807) is 6.07 Å². The Morgan fingerprint density at radius 1 is 0.967 bits per heavy atom. The first-order valence-electron chi connectivity index (χ1n) is 9.44. The van der Waals surface area contributed by atoms with Crippen LogP contribution in [0.1, 0.15) is 36.3 Å². The van der Waals surface area contributed by atoms with Crippen molar-refractivity contribution in [2.24, 2.45) is 5.92 Å². The topological polar surface area (TPSA) is 94.1 Å². The van der Waals surface area contributed by atoms with Gasteiger partial charge in [-0.2, -0.15) is 4.98 Å². The van der Waals surface area contributed by atoms with E-state index in [4.69, 9.17) is 9.05 Å². The summed E-state index contributed by atoms with van der Waals surface area (Å²) in [7, 11) is 0. The average Bonchev–Trinajstić information content (AvgIpc) is 3.43. The highest BCUT2D eigenvalue weighted by atomic mass is 79.9. The highest BCUT2D eigenvalue weighted by molar-refractivity contribution is 9.10. The number of carbonyl (C=O) groups excluding carboxylic acids is 1. The lowest BCUT2D eigenvalue weighted by atomic mass is 10.0. The van der Waals surface area contributed by atoms with Gasteiger partial charge in [0.05, 0.1) is 0 Å². The lowest BCUT2D eigenvalue weighted by molar-refractivity contribution is 0.0904. The molecule has 2 heterocycles. The van der Waals surface area contributed by atoms with E-state index in [1.807, 2.05) is 68.4 Å². The van der Waals surface area contributed by atoms with Gasteiger partial charge in [-0.3, -0.25) is 4.79 Å². The van der Waals surface area contributed by atoms with Gasteiger partial charge in [0.1, 0.15) is 6.04 Å². The molecule has 7 nitrogen and oxygen atoms in total. The number of amides is 1. The van der Waals surface area contributed by atoms with Crippen molar-refractivity contribution in [3.05, 3.63) is 76.7 Å². The third-order valence-electron chi connectivity index (χ3n) is 4.56. The molecular formula is C22H19BrN4O3. The smallest absolute Gasteiger partial charge is 0.274 e. The van der Waals surface area contributed by atoms with E-state index >= 15 is 0 Å². The molecule has 4 aromatic rings. The largest absolute Gasteiger partial charge is 0.355 e. The molecule has 0 aliphatic rings. The zero-order valence-electron chi connectivity index (χ0n) is 16.4. The van der Waals surface area contributed by atoms with Crippen molar-refractivity contribution in [1.29, 1.82) is 0 Å². The van der Waals surface area contributed by atoms with Crippen molar-refractivity contribution >= 4 is 21.8 Å². The Bertz CT molecular complexity index is 1140. The summed E-state index contributed by atoms with van der Waals surface area (Å²) in [6, 6.07) is 18.2. The van der Waals surface area contributed by atoms with Crippen LogP contribution in [0, 0.1) is 5.92 Å². The second-order valence-electron chi connectivity index (χ2n) is 7.10. The normalized spacial score (nSPS) is 12.1. The van der Waals surface area contributed by atoms with Gasteiger partial charge in [0.25, 0.3) is 5.91 Å². The fourth-order valence-corrected chi connectivity index (χ4v) is 3.19. The predicted octanol–water partition coefficient (Wildman–Crippen LogP) is 5.28. The lowest BCUT2D eigenvalue weighted by Gasteiger charge is -2.17. The van der Waals surface area contributed by atoms with Crippen LogP contribution in [-0.4, -0.2) is 21.2 Å². The van der Waals surface area contributed by atoms with Crippen LogP contribution in [0.3, 0.4) is 0 Å². The Labute approximate surface area is 181 Å². The number of carbonyl (C=O) groups is 1. The quantitative estimate of drug-likeness (QED) is 0.415. The molecule has 0 aliphatic heterocycles. The third kappa shape index (κ3) is 4.33. The molecule has 1 atom stereocenters. The van der Waals surface area contributed by atoms with Crippen molar-refractivity contribution in [2.45, 2.75) is 19.9 Å². The van der Waals surface area contributed by atoms with Crippen molar-refractivity contribution in [3.8, 4) is 22.7 Å². The van der Waals surface area contributed by atoms with E-state index in [-0.39, 0.29) is 17.5 Å². The van der Waals surface area contributed by atoms with Crippen molar-refractivity contribution in [3.63, 3.8) is 0 Å². The van der Waals surface area contributed by atoms with Crippen LogP contribution in [-0.2, 0) is 0 Å². The minimum absolute atomic E-state index is 0.0240. The zero-order chi connectivity index (χ0) is 21.1. The minimum Gasteiger partial charge on any atom is -0.355 e. The molecule has 1 amide bonds. The van der Waals surface area contributed by atoms with Crippen LogP contribution >= 0.6 is 15.9 Å². The maximum Gasteiger partial charge on any atom is 0.274 e. The van der Waals surface area contributed by atoms with Gasteiger partial charge in [0.15, 0.2) is 11.5 Å². The number of aromatic nitrogens is 3. The van der Waals surface area contributed by atoms with Gasteiger partial charge in [-0.1, -0.05) is 82.6 Å². The van der Waals surface area contributed by atoms with Crippen LogP contribution < -0.4 is 5.32 Å². The van der Waals surface area contributed by atoms with Gasteiger partial charge < -0.3 is 14.4 Å². The second kappa shape index (κ2) is 8.62. The summed E-state index contributed by atoms with van der Waals surface area (Å²) in [6.45, 7) is 3.93. The van der Waals surface area contributed by atoms with Crippen LogP contribution in [0.25, 0.3) is 22.7 Å². The van der Waals surface area contributed by atoms with Crippen molar-refractivity contribution in [2.75, 3.05) is 0 Å². The number of hydrogen-bond donors (Lipinski definition) is 1. The molecule has 152 valence electrons. The number of nitrogens with zero attached hydrogens (tertiary/aromatic N) is 3. The van der Waals surface area contributed by atoms with Crippen LogP contribution in [0.2, 0.25) is 0 Å². The number of halogens is 1. The molecule has 2 aromatic heterocycles. The summed E-state index contributed by atoms with van der Waals surface area (Å²) in [4.78, 5) is 17.2. The molecule has 0 saturated heterocycles. The average molecular weight is 467 g/mol. The fourth-order valence-electron chi connectivity index (χ4n) is 2.93. The number of nitrogens with one attached hydrogen (secondary N) is 1. The zero-order valence-corrected chi connectivity index (χ0v) is 18.0. The summed E-state index contributed by atoms with van der Waals surface area (Å²) in [6.07, 6.45) is 0. The van der Waals surface area contributed by atoms with Gasteiger partial charge in [0, 0.05) is 21.7 Å². The molecule has 30 heavy (non-hydrogen) atoms. The van der Waals surface area contributed by atoms with E-state index in [9.17, 15) is 4.79 Å². The first-order chi connectivity index (χ1) is 14.5. The minimum atomic E-state index is -0.463. The summed E-state index contributed by atoms with van der Waals surface area (Å²) >= 11 is 3.40. The van der Waals surface area contributed by atoms with E-state index in [2.05, 4.69) is 36.5 Å². The maximum atomic E-state index is 12.8. The molecule has 0 bridgehead atoms. The molecule has 0 radical (unpaired) electrons. The van der Waals surface area contributed by atoms with E-state index in [1.165, 1.54) is 0 Å². The molecule has 0 aliphatic carbocycles. The first kappa shape index (κ1) is 20.0. The molecule has 0 spiro atoms. The molecule has 2 aromatic carbocycles. The van der Waals surface area contributed by atoms with Crippen molar-refractivity contribution in [1.82, 2.24) is 20.6 Å². The Kier molecular flexibility index (Phi) is 5.76. The van der Waals surface area contributed by atoms with Crippen LogP contribution in [0.5, 0.6) is 0 Å². The lowest BCUT2D eigenvalue weighted by Crippen LogP contribution is -2.32. The third-order valence-corrected chi connectivity index (χ3v) is 5.09. The molecule has 4 rings (SSSR count). The number of benzene rings is 2. The summed E-state index contributed by atoms with van der Waals surface area (Å²) in [5, 5.41) is 10.9. The SMILES string of the molecule is CC(C)[C@H](NC(=O)c1cc(-c2ccc(Br)cc2)on1)c1nc(-c2ccccc2)no1. The highest BCUT2D eigenvalue weighted by Gasteiger charge is 2.26. The molecule has 0 saturated carbocycles. The fraction of sp³-hybridized carbons (Fsp3) is 0.182. The Morgan fingerprint density at radius 2 is 1.70 bits per heavy atom. The van der Waals surface area contributed by atoms with Crippen LogP contribution in [0.15, 0.2) is 74.2 Å². The standard InChI is InChI=1S/C22H19BrN4O3/c1-13(2)19(22-25-20(27-30-22)15-6-4-3-5-7-15)24-21(28)17-12-18(29-26-17)14-8-10-16(23)11-9-14/h3-13,19H,1-2H3,(H,24,28)/t19-/m0/s1. The van der Waals surface area contributed by atoms with Gasteiger partial charge in [-0.25, -0.2) is 0 Å². The molecule has 0 fully saturated rings. The number of rotatable bonds is 6. The Morgan fingerprint density at radius 3 is 2.40 bits per heavy atom.